The van der Waals surface area contributed by atoms with Crippen LogP contribution in [-0.2, 0) is 0 Å². The van der Waals surface area contributed by atoms with Crippen molar-refractivity contribution in [2.75, 3.05) is 23.7 Å². The lowest BCUT2D eigenvalue weighted by Crippen LogP contribution is -2.29. The van der Waals surface area contributed by atoms with Crippen LogP contribution in [0, 0.1) is 12.7 Å². The van der Waals surface area contributed by atoms with Gasteiger partial charge in [0.25, 0.3) is 5.91 Å². The Labute approximate surface area is 155 Å². The molecule has 8 nitrogen and oxygen atoms in total. The predicted molar refractivity (Wildman–Crippen MR) is 99.3 cm³/mol. The molecule has 3 N–H and O–H groups in total. The summed E-state index contributed by atoms with van der Waals surface area (Å²) in [4.78, 5) is 28.4. The first-order valence-corrected chi connectivity index (χ1v) is 8.26. The first kappa shape index (κ1) is 18.2. The van der Waals surface area contributed by atoms with Crippen molar-refractivity contribution in [1.29, 1.82) is 0 Å². The van der Waals surface area contributed by atoms with Crippen LogP contribution in [0.25, 0.3) is 0 Å². The summed E-state index contributed by atoms with van der Waals surface area (Å²) in [5, 5.41) is 8.91. The fourth-order valence-corrected chi connectivity index (χ4v) is 2.29. The van der Waals surface area contributed by atoms with Gasteiger partial charge in [-0.25, -0.2) is 19.3 Å². The quantitative estimate of drug-likeness (QED) is 0.550. The van der Waals surface area contributed by atoms with Crippen molar-refractivity contribution >= 4 is 23.4 Å². The molecule has 9 heteroatoms. The van der Waals surface area contributed by atoms with Crippen LogP contribution in [0.5, 0.6) is 0 Å². The zero-order valence-corrected chi connectivity index (χ0v) is 14.6. The van der Waals surface area contributed by atoms with Crippen molar-refractivity contribution in [1.82, 2.24) is 25.3 Å². The van der Waals surface area contributed by atoms with E-state index in [4.69, 9.17) is 0 Å². The minimum atomic E-state index is -0.551. The number of amides is 1. The molecular formula is C18H18FN7O. The van der Waals surface area contributed by atoms with Crippen LogP contribution >= 0.6 is 0 Å². The van der Waals surface area contributed by atoms with Crippen molar-refractivity contribution in [3.8, 4) is 0 Å². The number of halogens is 1. The summed E-state index contributed by atoms with van der Waals surface area (Å²) in [5.41, 5.74) is 0.176. The number of carbonyl (C=O) groups is 1. The average molecular weight is 367 g/mol. The van der Waals surface area contributed by atoms with E-state index in [1.807, 2.05) is 18.2 Å². The Morgan fingerprint density at radius 2 is 1.93 bits per heavy atom. The molecule has 0 fully saturated rings. The molecule has 0 aromatic carbocycles. The molecule has 0 saturated heterocycles. The van der Waals surface area contributed by atoms with E-state index in [9.17, 15) is 9.18 Å². The van der Waals surface area contributed by atoms with Crippen LogP contribution in [0.1, 0.15) is 16.2 Å². The van der Waals surface area contributed by atoms with Crippen LogP contribution < -0.4 is 16.0 Å². The van der Waals surface area contributed by atoms with Gasteiger partial charge in [0.05, 0.1) is 11.8 Å². The number of anilines is 3. The summed E-state index contributed by atoms with van der Waals surface area (Å²) in [6, 6.07) is 8.43. The minimum Gasteiger partial charge on any atom is -0.368 e. The van der Waals surface area contributed by atoms with Crippen molar-refractivity contribution in [2.45, 2.75) is 6.92 Å². The third-order valence-corrected chi connectivity index (χ3v) is 3.44. The number of hydrogen-bond acceptors (Lipinski definition) is 7. The number of pyridine rings is 2. The molecule has 3 aromatic rings. The number of nitrogens with one attached hydrogen (secondary N) is 3. The standard InChI is InChI=1S/C18H18FN7O/c1-12-24-16(9-17(25-12)26-15-4-2-3-5-21-15)22-6-7-23-18(27)13-8-14(19)11-20-10-13/h2-5,8-11H,6-7H2,1H3,(H,23,27)(H2,21,22,24,25,26). The first-order valence-electron chi connectivity index (χ1n) is 8.26. The molecule has 138 valence electrons. The zero-order valence-electron chi connectivity index (χ0n) is 14.6. The molecule has 0 aliphatic rings. The van der Waals surface area contributed by atoms with Crippen LogP contribution in [0.4, 0.5) is 21.8 Å². The maximum Gasteiger partial charge on any atom is 0.253 e. The Morgan fingerprint density at radius 1 is 1.07 bits per heavy atom. The summed E-state index contributed by atoms with van der Waals surface area (Å²) >= 11 is 0. The van der Waals surface area contributed by atoms with E-state index in [1.54, 1.807) is 19.2 Å². The molecular weight excluding hydrogens is 349 g/mol. The second-order valence-corrected chi connectivity index (χ2v) is 5.60. The molecule has 3 heterocycles. The van der Waals surface area contributed by atoms with Gasteiger partial charge in [0.1, 0.15) is 29.1 Å². The molecule has 0 bridgehead atoms. The Hall–Kier alpha value is -3.62. The predicted octanol–water partition coefficient (Wildman–Crippen LogP) is 2.30. The topological polar surface area (TPSA) is 105 Å². The lowest BCUT2D eigenvalue weighted by atomic mass is 10.2. The second-order valence-electron chi connectivity index (χ2n) is 5.60. The number of hydrogen-bond donors (Lipinski definition) is 3. The number of aromatic nitrogens is 4. The Morgan fingerprint density at radius 3 is 2.70 bits per heavy atom. The van der Waals surface area contributed by atoms with E-state index >= 15 is 0 Å². The second kappa shape index (κ2) is 8.65. The van der Waals surface area contributed by atoms with Crippen LogP contribution in [0.2, 0.25) is 0 Å². The molecule has 0 atom stereocenters. The average Bonchev–Trinajstić information content (AvgIpc) is 2.65. The van der Waals surface area contributed by atoms with Crippen molar-refractivity contribution < 1.29 is 9.18 Å². The highest BCUT2D eigenvalue weighted by Crippen LogP contribution is 2.15. The largest absolute Gasteiger partial charge is 0.368 e. The highest BCUT2D eigenvalue weighted by atomic mass is 19.1. The highest BCUT2D eigenvalue weighted by Gasteiger charge is 2.07. The fourth-order valence-electron chi connectivity index (χ4n) is 2.29. The molecule has 3 aromatic heterocycles. The van der Waals surface area contributed by atoms with E-state index in [2.05, 4.69) is 35.9 Å². The van der Waals surface area contributed by atoms with Gasteiger partial charge in [-0.05, 0) is 25.1 Å². The number of rotatable bonds is 7. The molecule has 0 unspecified atom stereocenters. The van der Waals surface area contributed by atoms with Gasteiger partial charge < -0.3 is 16.0 Å². The summed E-state index contributed by atoms with van der Waals surface area (Å²) in [5.74, 6) is 1.55. The summed E-state index contributed by atoms with van der Waals surface area (Å²) < 4.78 is 13.1. The van der Waals surface area contributed by atoms with Crippen LogP contribution in [-0.4, -0.2) is 38.9 Å². The normalized spacial score (nSPS) is 10.3. The monoisotopic (exact) mass is 367 g/mol. The van der Waals surface area contributed by atoms with E-state index in [-0.39, 0.29) is 11.5 Å². The molecule has 0 spiro atoms. The van der Waals surface area contributed by atoms with Crippen LogP contribution in [0.3, 0.4) is 0 Å². The number of carbonyl (C=O) groups excluding carboxylic acids is 1. The van der Waals surface area contributed by atoms with Gasteiger partial charge >= 0.3 is 0 Å². The van der Waals surface area contributed by atoms with Crippen molar-refractivity contribution in [2.24, 2.45) is 0 Å². The molecule has 0 aliphatic carbocycles. The molecule has 27 heavy (non-hydrogen) atoms. The molecule has 0 saturated carbocycles. The summed E-state index contributed by atoms with van der Waals surface area (Å²) in [7, 11) is 0. The summed E-state index contributed by atoms with van der Waals surface area (Å²) in [6.45, 7) is 2.56. The van der Waals surface area contributed by atoms with E-state index in [0.29, 0.717) is 36.4 Å². The Kier molecular flexibility index (Phi) is 5.83. The Bertz CT molecular complexity index is 921. The van der Waals surface area contributed by atoms with Gasteiger partial charge in [0, 0.05) is 31.5 Å². The van der Waals surface area contributed by atoms with Crippen LogP contribution in [0.15, 0.2) is 48.9 Å². The zero-order chi connectivity index (χ0) is 19.1. The van der Waals surface area contributed by atoms with E-state index in [1.165, 1.54) is 6.20 Å². The molecule has 1 amide bonds. The summed E-state index contributed by atoms with van der Waals surface area (Å²) in [6.07, 6.45) is 4.05. The first-order chi connectivity index (χ1) is 13.1. The van der Waals surface area contributed by atoms with Crippen molar-refractivity contribution in [3.05, 3.63) is 66.1 Å². The third-order valence-electron chi connectivity index (χ3n) is 3.44. The number of aryl methyl sites for hydroxylation is 1. The fraction of sp³-hybridized carbons (Fsp3) is 0.167. The van der Waals surface area contributed by atoms with Gasteiger partial charge in [-0.15, -0.1) is 0 Å². The molecule has 3 rings (SSSR count). The lowest BCUT2D eigenvalue weighted by Gasteiger charge is -2.10. The highest BCUT2D eigenvalue weighted by molar-refractivity contribution is 5.93. The minimum absolute atomic E-state index is 0.176. The van der Waals surface area contributed by atoms with Gasteiger partial charge in [-0.2, -0.15) is 0 Å². The lowest BCUT2D eigenvalue weighted by molar-refractivity contribution is 0.0954. The van der Waals surface area contributed by atoms with Gasteiger partial charge in [0.15, 0.2) is 0 Å². The van der Waals surface area contributed by atoms with Gasteiger partial charge in [-0.1, -0.05) is 6.07 Å². The smallest absolute Gasteiger partial charge is 0.253 e. The SMILES string of the molecule is Cc1nc(NCCNC(=O)c2cncc(F)c2)cc(Nc2ccccn2)n1. The van der Waals surface area contributed by atoms with E-state index in [0.717, 1.165) is 12.3 Å². The number of nitrogens with zero attached hydrogens (tertiary/aromatic N) is 4. The van der Waals surface area contributed by atoms with Crippen molar-refractivity contribution in [3.63, 3.8) is 0 Å². The van der Waals surface area contributed by atoms with Gasteiger partial charge in [-0.3, -0.25) is 9.78 Å². The third kappa shape index (κ3) is 5.43. The Balaban J connectivity index is 1.53. The van der Waals surface area contributed by atoms with Gasteiger partial charge in [0.2, 0.25) is 0 Å². The molecule has 0 radical (unpaired) electrons. The maximum atomic E-state index is 13.1. The molecule has 0 aliphatic heterocycles. The van der Waals surface area contributed by atoms with E-state index < -0.39 is 5.82 Å². The maximum absolute atomic E-state index is 13.1.